The Bertz CT molecular complexity index is 925. The lowest BCUT2D eigenvalue weighted by Crippen LogP contribution is -2.41. The summed E-state index contributed by atoms with van der Waals surface area (Å²) in [6.45, 7) is -0.383. The van der Waals surface area contributed by atoms with Gasteiger partial charge in [-0.2, -0.15) is 0 Å². The molecule has 27 heavy (non-hydrogen) atoms. The highest BCUT2D eigenvalue weighted by atomic mass is 32.2. The normalized spacial score (nSPS) is 10.7. The lowest BCUT2D eigenvalue weighted by atomic mass is 10.2. The number of hydrogen-bond acceptors (Lipinski definition) is 7. The van der Waals surface area contributed by atoms with Gasteiger partial charge in [0.1, 0.15) is 0 Å². The molecule has 1 aromatic heterocycles. The van der Waals surface area contributed by atoms with E-state index in [4.69, 9.17) is 4.74 Å². The van der Waals surface area contributed by atoms with Gasteiger partial charge in [-0.1, -0.05) is 12.1 Å². The van der Waals surface area contributed by atoms with Crippen LogP contribution in [0.3, 0.4) is 0 Å². The molecule has 11 heteroatoms. The second-order valence-corrected chi connectivity index (χ2v) is 8.12. The first kappa shape index (κ1) is 20.4. The van der Waals surface area contributed by atoms with E-state index in [1.54, 1.807) is 0 Å². The number of amides is 3. The predicted octanol–water partition coefficient (Wildman–Crippen LogP) is 1.30. The molecule has 0 radical (unpaired) electrons. The van der Waals surface area contributed by atoms with E-state index in [2.05, 4.69) is 10.0 Å². The van der Waals surface area contributed by atoms with Crippen molar-refractivity contribution in [2.45, 2.75) is 6.54 Å². The van der Waals surface area contributed by atoms with Gasteiger partial charge in [-0.05, 0) is 29.6 Å². The third-order valence-corrected chi connectivity index (χ3v) is 4.47. The zero-order valence-corrected chi connectivity index (χ0v) is 15.9. The third kappa shape index (κ3) is 7.46. The first-order valence-corrected chi connectivity index (χ1v) is 10.3. The van der Waals surface area contributed by atoms with Crippen LogP contribution in [-0.2, 0) is 26.1 Å². The summed E-state index contributed by atoms with van der Waals surface area (Å²) in [7, 11) is -3.49. The maximum absolute atomic E-state index is 12.0. The van der Waals surface area contributed by atoms with E-state index in [1.165, 1.54) is 35.6 Å². The van der Waals surface area contributed by atoms with E-state index in [9.17, 15) is 22.8 Å². The molecule has 1 aromatic carbocycles. The van der Waals surface area contributed by atoms with Crippen molar-refractivity contribution in [2.24, 2.45) is 0 Å². The molecule has 0 aliphatic heterocycles. The number of rotatable bonds is 7. The summed E-state index contributed by atoms with van der Waals surface area (Å²) in [5.74, 6) is -1.63. The van der Waals surface area contributed by atoms with Crippen molar-refractivity contribution in [3.63, 3.8) is 0 Å². The second-order valence-electron chi connectivity index (χ2n) is 5.34. The molecule has 0 fully saturated rings. The van der Waals surface area contributed by atoms with Crippen LogP contribution in [0, 0.1) is 0 Å². The summed E-state index contributed by atoms with van der Waals surface area (Å²) in [5, 5.41) is 6.40. The SMILES string of the molecule is CS(=O)(=O)Nc1cccc(C(=O)OCC(=O)NC(=O)NCc2cccs2)c1. The highest BCUT2D eigenvalue weighted by Crippen LogP contribution is 2.13. The zero-order chi connectivity index (χ0) is 19.9. The highest BCUT2D eigenvalue weighted by molar-refractivity contribution is 7.92. The Morgan fingerprint density at radius 3 is 2.59 bits per heavy atom. The van der Waals surface area contributed by atoms with Crippen molar-refractivity contribution in [2.75, 3.05) is 17.6 Å². The molecular formula is C16H17N3O6S2. The van der Waals surface area contributed by atoms with Crippen molar-refractivity contribution in [1.82, 2.24) is 10.6 Å². The van der Waals surface area contributed by atoms with Gasteiger partial charge in [0.2, 0.25) is 10.0 Å². The Morgan fingerprint density at radius 2 is 1.93 bits per heavy atom. The van der Waals surface area contributed by atoms with Crippen LogP contribution in [0.5, 0.6) is 0 Å². The molecule has 0 spiro atoms. The number of anilines is 1. The number of esters is 1. The highest BCUT2D eigenvalue weighted by Gasteiger charge is 2.13. The van der Waals surface area contributed by atoms with Gasteiger partial charge in [0.25, 0.3) is 5.91 Å². The van der Waals surface area contributed by atoms with Crippen LogP contribution >= 0.6 is 11.3 Å². The number of hydrogen-bond donors (Lipinski definition) is 3. The fourth-order valence-electron chi connectivity index (χ4n) is 1.93. The molecule has 0 atom stereocenters. The van der Waals surface area contributed by atoms with Gasteiger partial charge in [0, 0.05) is 10.6 Å². The molecular weight excluding hydrogens is 394 g/mol. The second kappa shape index (κ2) is 9.14. The number of carbonyl (C=O) groups excluding carboxylic acids is 3. The maximum atomic E-state index is 12.0. The van der Waals surface area contributed by atoms with Crippen molar-refractivity contribution < 1.29 is 27.5 Å². The van der Waals surface area contributed by atoms with Crippen LogP contribution in [0.25, 0.3) is 0 Å². The average Bonchev–Trinajstić information content (AvgIpc) is 3.10. The average molecular weight is 411 g/mol. The van der Waals surface area contributed by atoms with Gasteiger partial charge in [-0.3, -0.25) is 14.8 Å². The summed E-state index contributed by atoms with van der Waals surface area (Å²) < 4.78 is 29.5. The fraction of sp³-hybridized carbons (Fsp3) is 0.188. The molecule has 2 aromatic rings. The summed E-state index contributed by atoms with van der Waals surface area (Å²) in [6.07, 6.45) is 0.978. The molecule has 0 unspecified atom stereocenters. The van der Waals surface area contributed by atoms with E-state index in [-0.39, 0.29) is 17.8 Å². The number of ether oxygens (including phenoxy) is 1. The van der Waals surface area contributed by atoms with E-state index >= 15 is 0 Å². The molecule has 0 saturated carbocycles. The molecule has 144 valence electrons. The number of imide groups is 1. The summed E-state index contributed by atoms with van der Waals surface area (Å²) >= 11 is 1.46. The zero-order valence-electron chi connectivity index (χ0n) is 14.2. The molecule has 0 aliphatic carbocycles. The number of nitrogens with one attached hydrogen (secondary N) is 3. The Morgan fingerprint density at radius 1 is 1.15 bits per heavy atom. The van der Waals surface area contributed by atoms with Gasteiger partial charge in [-0.25, -0.2) is 18.0 Å². The number of urea groups is 1. The Hall–Kier alpha value is -2.92. The molecule has 1 heterocycles. The first-order valence-electron chi connectivity index (χ1n) is 7.58. The summed E-state index contributed by atoms with van der Waals surface area (Å²) in [5.41, 5.74) is 0.239. The van der Waals surface area contributed by atoms with E-state index in [0.29, 0.717) is 0 Å². The number of benzene rings is 1. The van der Waals surface area contributed by atoms with E-state index < -0.39 is 34.5 Å². The molecule has 0 aliphatic rings. The van der Waals surface area contributed by atoms with Crippen molar-refractivity contribution in [3.05, 3.63) is 52.2 Å². The smallest absolute Gasteiger partial charge is 0.338 e. The Labute approximate surface area is 159 Å². The minimum atomic E-state index is -3.49. The van der Waals surface area contributed by atoms with Crippen molar-refractivity contribution in [3.8, 4) is 0 Å². The fourth-order valence-corrected chi connectivity index (χ4v) is 3.13. The predicted molar refractivity (Wildman–Crippen MR) is 99.9 cm³/mol. The van der Waals surface area contributed by atoms with Gasteiger partial charge >= 0.3 is 12.0 Å². The molecule has 3 amide bonds. The minimum absolute atomic E-state index is 0.0543. The quantitative estimate of drug-likeness (QED) is 0.589. The Kier molecular flexibility index (Phi) is 6.91. The Balaban J connectivity index is 1.79. The van der Waals surface area contributed by atoms with E-state index in [1.807, 2.05) is 22.8 Å². The number of sulfonamides is 1. The molecule has 9 nitrogen and oxygen atoms in total. The number of carbonyl (C=O) groups is 3. The van der Waals surface area contributed by atoms with Crippen LogP contribution < -0.4 is 15.4 Å². The minimum Gasteiger partial charge on any atom is -0.452 e. The maximum Gasteiger partial charge on any atom is 0.338 e. The molecule has 3 N–H and O–H groups in total. The van der Waals surface area contributed by atoms with E-state index in [0.717, 1.165) is 11.1 Å². The van der Waals surface area contributed by atoms with Crippen molar-refractivity contribution >= 4 is 45.0 Å². The van der Waals surface area contributed by atoms with Crippen LogP contribution in [0.4, 0.5) is 10.5 Å². The summed E-state index contributed by atoms with van der Waals surface area (Å²) in [6, 6.07) is 8.57. The van der Waals surface area contributed by atoms with Gasteiger partial charge in [0.05, 0.1) is 18.4 Å². The molecule has 0 bridgehead atoms. The van der Waals surface area contributed by atoms with Gasteiger partial charge < -0.3 is 10.1 Å². The third-order valence-electron chi connectivity index (χ3n) is 2.99. The largest absolute Gasteiger partial charge is 0.452 e. The standard InChI is InChI=1S/C16H17N3O6S2/c1-27(23,24)19-12-5-2-4-11(8-12)15(21)25-10-14(20)18-16(22)17-9-13-6-3-7-26-13/h2-8,19H,9-10H2,1H3,(H2,17,18,20,22). The van der Waals surface area contributed by atoms with Crippen LogP contribution in [0.15, 0.2) is 41.8 Å². The monoisotopic (exact) mass is 411 g/mol. The number of thiophene rings is 1. The lowest BCUT2D eigenvalue weighted by molar-refractivity contribution is -0.123. The van der Waals surface area contributed by atoms with Gasteiger partial charge in [0.15, 0.2) is 6.61 Å². The first-order chi connectivity index (χ1) is 12.7. The molecule has 2 rings (SSSR count). The van der Waals surface area contributed by atoms with Crippen molar-refractivity contribution in [1.29, 1.82) is 0 Å². The van der Waals surface area contributed by atoms with Crippen LogP contribution in [-0.4, -0.2) is 39.2 Å². The van der Waals surface area contributed by atoms with Crippen LogP contribution in [0.1, 0.15) is 15.2 Å². The summed E-state index contributed by atoms with van der Waals surface area (Å²) in [4.78, 5) is 36.1. The van der Waals surface area contributed by atoms with Crippen LogP contribution in [0.2, 0.25) is 0 Å². The molecule has 0 saturated heterocycles. The van der Waals surface area contributed by atoms with Gasteiger partial charge in [-0.15, -0.1) is 11.3 Å². The lowest BCUT2D eigenvalue weighted by Gasteiger charge is -2.08. The topological polar surface area (TPSA) is 131 Å².